The number of ether oxygens (including phenoxy) is 1. The van der Waals surface area contributed by atoms with Crippen molar-refractivity contribution in [1.29, 1.82) is 0 Å². The second kappa shape index (κ2) is 4.39. The topological polar surface area (TPSA) is 55.5 Å². The zero-order valence-electron chi connectivity index (χ0n) is 8.25. The largest absolute Gasteiger partial charge is 0.493 e. The molecular weight excluding hydrogens is 185 g/mol. The van der Waals surface area contributed by atoms with E-state index in [0.29, 0.717) is 5.56 Å². The summed E-state index contributed by atoms with van der Waals surface area (Å²) in [7, 11) is 1.38. The van der Waals surface area contributed by atoms with Crippen molar-refractivity contribution in [3.63, 3.8) is 0 Å². The molecule has 0 aliphatic heterocycles. The molecule has 0 fully saturated rings. The minimum atomic E-state index is -0.612. The van der Waals surface area contributed by atoms with Gasteiger partial charge in [-0.2, -0.15) is 0 Å². The van der Waals surface area contributed by atoms with Gasteiger partial charge in [0, 0.05) is 5.56 Å². The summed E-state index contributed by atoms with van der Waals surface area (Å²) < 4.78 is 18.2. The smallest absolute Gasteiger partial charge is 0.165 e. The third-order valence-corrected chi connectivity index (χ3v) is 2.02. The molecule has 3 N–H and O–H groups in total. The van der Waals surface area contributed by atoms with Crippen LogP contribution >= 0.6 is 0 Å². The van der Waals surface area contributed by atoms with E-state index in [1.54, 1.807) is 13.0 Å². The van der Waals surface area contributed by atoms with Crippen molar-refractivity contribution in [3.05, 3.63) is 29.1 Å². The average Bonchev–Trinajstić information content (AvgIpc) is 2.15. The average molecular weight is 199 g/mol. The van der Waals surface area contributed by atoms with Crippen LogP contribution in [-0.4, -0.2) is 18.8 Å². The van der Waals surface area contributed by atoms with Gasteiger partial charge in [0.15, 0.2) is 11.6 Å². The van der Waals surface area contributed by atoms with Crippen molar-refractivity contribution in [3.8, 4) is 5.75 Å². The predicted octanol–water partition coefficient (Wildman–Crippen LogP) is 1.13. The number of aryl methyl sites for hydroxylation is 1. The third-order valence-electron chi connectivity index (χ3n) is 2.02. The number of benzene rings is 1. The fourth-order valence-corrected chi connectivity index (χ4v) is 1.34. The van der Waals surface area contributed by atoms with Crippen LogP contribution in [-0.2, 0) is 0 Å². The lowest BCUT2D eigenvalue weighted by Gasteiger charge is -2.14. The number of halogens is 1. The molecule has 0 saturated heterocycles. The Morgan fingerprint density at radius 1 is 1.57 bits per heavy atom. The summed E-state index contributed by atoms with van der Waals surface area (Å²) in [6.45, 7) is 1.52. The molecule has 1 rings (SSSR count). The Bertz CT molecular complexity index is 328. The zero-order chi connectivity index (χ0) is 10.7. The first kappa shape index (κ1) is 10.9. The van der Waals surface area contributed by atoms with E-state index >= 15 is 0 Å². The van der Waals surface area contributed by atoms with Crippen LogP contribution in [0.15, 0.2) is 12.1 Å². The highest BCUT2D eigenvalue weighted by atomic mass is 19.1. The number of rotatable bonds is 3. The standard InChI is InChI=1S/C10H14FNO2/c1-6-3-7(9(12)5-13)10(14-2)8(11)4-6/h3-4,9,13H,5,12H2,1-2H3. The number of hydrogen-bond donors (Lipinski definition) is 2. The summed E-state index contributed by atoms with van der Waals surface area (Å²) in [5.74, 6) is -0.344. The summed E-state index contributed by atoms with van der Waals surface area (Å²) in [6.07, 6.45) is 0. The Morgan fingerprint density at radius 2 is 2.21 bits per heavy atom. The number of methoxy groups -OCH3 is 1. The van der Waals surface area contributed by atoms with E-state index in [-0.39, 0.29) is 12.4 Å². The highest BCUT2D eigenvalue weighted by Crippen LogP contribution is 2.28. The van der Waals surface area contributed by atoms with Crippen LogP contribution in [0.3, 0.4) is 0 Å². The molecule has 1 atom stereocenters. The number of hydrogen-bond acceptors (Lipinski definition) is 3. The van der Waals surface area contributed by atoms with Crippen LogP contribution in [0.4, 0.5) is 4.39 Å². The van der Waals surface area contributed by atoms with E-state index in [1.165, 1.54) is 13.2 Å². The Hall–Kier alpha value is -1.13. The van der Waals surface area contributed by atoms with Gasteiger partial charge in [0.25, 0.3) is 0 Å². The van der Waals surface area contributed by atoms with Crippen LogP contribution in [0.25, 0.3) is 0 Å². The number of nitrogens with two attached hydrogens (primary N) is 1. The molecular formula is C10H14FNO2. The lowest BCUT2D eigenvalue weighted by molar-refractivity contribution is 0.263. The first-order chi connectivity index (χ1) is 6.60. The normalized spacial score (nSPS) is 12.6. The summed E-state index contributed by atoms with van der Waals surface area (Å²) in [5, 5.41) is 8.89. The van der Waals surface area contributed by atoms with E-state index in [1.807, 2.05) is 0 Å². The van der Waals surface area contributed by atoms with Gasteiger partial charge in [-0.1, -0.05) is 6.07 Å². The summed E-state index contributed by atoms with van der Waals surface area (Å²) >= 11 is 0. The van der Waals surface area contributed by atoms with Gasteiger partial charge >= 0.3 is 0 Å². The minimum Gasteiger partial charge on any atom is -0.493 e. The van der Waals surface area contributed by atoms with E-state index in [9.17, 15) is 4.39 Å². The summed E-state index contributed by atoms with van der Waals surface area (Å²) in [6, 6.07) is 2.47. The van der Waals surface area contributed by atoms with Crippen molar-refractivity contribution < 1.29 is 14.2 Å². The molecule has 78 valence electrons. The maximum absolute atomic E-state index is 13.3. The number of aliphatic hydroxyl groups is 1. The monoisotopic (exact) mass is 199 g/mol. The molecule has 1 aromatic carbocycles. The van der Waals surface area contributed by atoms with Crippen molar-refractivity contribution in [1.82, 2.24) is 0 Å². The molecule has 0 aromatic heterocycles. The second-order valence-corrected chi connectivity index (χ2v) is 3.16. The predicted molar refractivity (Wildman–Crippen MR) is 51.7 cm³/mol. The fourth-order valence-electron chi connectivity index (χ4n) is 1.34. The fraction of sp³-hybridized carbons (Fsp3) is 0.400. The highest BCUT2D eigenvalue weighted by Gasteiger charge is 2.15. The lowest BCUT2D eigenvalue weighted by atomic mass is 10.0. The first-order valence-corrected chi connectivity index (χ1v) is 4.30. The summed E-state index contributed by atoms with van der Waals surface area (Å²) in [5.41, 5.74) is 6.86. The van der Waals surface area contributed by atoms with Gasteiger partial charge in [-0.3, -0.25) is 0 Å². The molecule has 1 unspecified atom stereocenters. The quantitative estimate of drug-likeness (QED) is 0.767. The Balaban J connectivity index is 3.24. The van der Waals surface area contributed by atoms with Crippen molar-refractivity contribution in [2.45, 2.75) is 13.0 Å². The Kier molecular flexibility index (Phi) is 3.43. The number of aliphatic hydroxyl groups excluding tert-OH is 1. The molecule has 3 nitrogen and oxygen atoms in total. The van der Waals surface area contributed by atoms with Crippen LogP contribution in [0.2, 0.25) is 0 Å². The molecule has 0 saturated carbocycles. The SMILES string of the molecule is COc1c(F)cc(C)cc1C(N)CO. The van der Waals surface area contributed by atoms with Gasteiger partial charge < -0.3 is 15.6 Å². The molecule has 4 heteroatoms. The Labute approximate surface area is 82.3 Å². The molecule has 1 aromatic rings. The molecule has 0 spiro atoms. The van der Waals surface area contributed by atoms with Gasteiger partial charge in [-0.25, -0.2) is 4.39 Å². The third kappa shape index (κ3) is 2.02. The summed E-state index contributed by atoms with van der Waals surface area (Å²) in [4.78, 5) is 0. The van der Waals surface area contributed by atoms with Gasteiger partial charge in [0.2, 0.25) is 0 Å². The maximum atomic E-state index is 13.3. The van der Waals surface area contributed by atoms with Crippen LogP contribution < -0.4 is 10.5 Å². The molecule has 14 heavy (non-hydrogen) atoms. The van der Waals surface area contributed by atoms with Gasteiger partial charge in [0.05, 0.1) is 19.8 Å². The van der Waals surface area contributed by atoms with Crippen LogP contribution in [0.1, 0.15) is 17.2 Å². The van der Waals surface area contributed by atoms with Crippen molar-refractivity contribution in [2.24, 2.45) is 5.73 Å². The molecule has 0 radical (unpaired) electrons. The molecule has 0 bridgehead atoms. The van der Waals surface area contributed by atoms with Crippen LogP contribution in [0, 0.1) is 12.7 Å². The maximum Gasteiger partial charge on any atom is 0.165 e. The van der Waals surface area contributed by atoms with E-state index in [0.717, 1.165) is 5.56 Å². The molecule has 0 heterocycles. The zero-order valence-corrected chi connectivity index (χ0v) is 8.25. The molecule has 0 aliphatic rings. The molecule has 0 aliphatic carbocycles. The second-order valence-electron chi connectivity index (χ2n) is 3.16. The Morgan fingerprint density at radius 3 is 2.71 bits per heavy atom. The molecule has 0 amide bonds. The van der Waals surface area contributed by atoms with E-state index < -0.39 is 11.9 Å². The van der Waals surface area contributed by atoms with Gasteiger partial charge in [-0.15, -0.1) is 0 Å². The van der Waals surface area contributed by atoms with Crippen molar-refractivity contribution >= 4 is 0 Å². The van der Waals surface area contributed by atoms with E-state index in [4.69, 9.17) is 15.6 Å². The minimum absolute atomic E-state index is 0.108. The first-order valence-electron chi connectivity index (χ1n) is 4.30. The highest BCUT2D eigenvalue weighted by molar-refractivity contribution is 5.40. The van der Waals surface area contributed by atoms with Crippen LogP contribution in [0.5, 0.6) is 5.75 Å². The van der Waals surface area contributed by atoms with Crippen molar-refractivity contribution in [2.75, 3.05) is 13.7 Å². The lowest BCUT2D eigenvalue weighted by Crippen LogP contribution is -2.16. The van der Waals surface area contributed by atoms with Gasteiger partial charge in [-0.05, 0) is 18.6 Å². The van der Waals surface area contributed by atoms with E-state index in [2.05, 4.69) is 0 Å². The van der Waals surface area contributed by atoms with Gasteiger partial charge in [0.1, 0.15) is 0 Å².